The van der Waals surface area contributed by atoms with Gasteiger partial charge in [0.2, 0.25) is 11.8 Å². The third kappa shape index (κ3) is 4.40. The van der Waals surface area contributed by atoms with E-state index in [0.717, 1.165) is 25.9 Å². The third-order valence-corrected chi connectivity index (χ3v) is 5.58. The molecule has 5 rings (SSSR count). The van der Waals surface area contributed by atoms with Gasteiger partial charge in [0.15, 0.2) is 11.5 Å². The molecule has 0 amide bonds. The van der Waals surface area contributed by atoms with Crippen molar-refractivity contribution < 1.29 is 9.13 Å². The van der Waals surface area contributed by atoms with Crippen LogP contribution in [-0.2, 0) is 6.54 Å². The Labute approximate surface area is 194 Å². The number of allylic oxidation sites excluding steroid dienone is 1. The molecule has 0 spiro atoms. The standard InChI is InChI=1S/C24H24FN7O2/c1-2-14-31-23(33)19-15-27-24(28-17-8-6-16(25)7-9-17)30-22(19)32(31)20-4-3-5-21(29-20)34-18-10-12-26-13-11-18/h2-9,15,18,26H,1,10-14H2,(H,27,28,30). The molecular formula is C24H24FN7O2. The number of ether oxygens (including phenoxy) is 1. The SMILES string of the molecule is C=CCn1c(=O)c2cnc(Nc3ccc(F)cc3)nc2n1-c1cccc(OC2CCNCC2)n1. The molecule has 10 heteroatoms. The lowest BCUT2D eigenvalue weighted by molar-refractivity contribution is 0.156. The van der Waals surface area contributed by atoms with Crippen LogP contribution in [0, 0.1) is 5.82 Å². The lowest BCUT2D eigenvalue weighted by atomic mass is 10.1. The summed E-state index contributed by atoms with van der Waals surface area (Å²) in [7, 11) is 0. The number of fused-ring (bicyclic) bond motifs is 1. The zero-order valence-corrected chi connectivity index (χ0v) is 18.4. The second kappa shape index (κ2) is 9.44. The maximum Gasteiger partial charge on any atom is 0.278 e. The van der Waals surface area contributed by atoms with Gasteiger partial charge in [0.25, 0.3) is 5.56 Å². The summed E-state index contributed by atoms with van der Waals surface area (Å²) < 4.78 is 22.5. The van der Waals surface area contributed by atoms with Crippen LogP contribution in [0.2, 0.25) is 0 Å². The van der Waals surface area contributed by atoms with Crippen molar-refractivity contribution in [1.29, 1.82) is 0 Å². The molecule has 34 heavy (non-hydrogen) atoms. The summed E-state index contributed by atoms with van der Waals surface area (Å²) in [5.74, 6) is 0.912. The smallest absolute Gasteiger partial charge is 0.278 e. The monoisotopic (exact) mass is 461 g/mol. The molecule has 3 aromatic heterocycles. The van der Waals surface area contributed by atoms with Gasteiger partial charge in [0.05, 0.1) is 6.54 Å². The molecule has 4 aromatic rings. The maximum absolute atomic E-state index is 13.2. The number of nitrogens with zero attached hydrogens (tertiary/aromatic N) is 5. The Morgan fingerprint density at radius 3 is 2.74 bits per heavy atom. The van der Waals surface area contributed by atoms with Crippen molar-refractivity contribution in [1.82, 2.24) is 29.6 Å². The van der Waals surface area contributed by atoms with Crippen molar-refractivity contribution in [2.24, 2.45) is 0 Å². The lowest BCUT2D eigenvalue weighted by Gasteiger charge is -2.23. The Balaban J connectivity index is 1.56. The Morgan fingerprint density at radius 2 is 1.97 bits per heavy atom. The van der Waals surface area contributed by atoms with Gasteiger partial charge in [-0.15, -0.1) is 6.58 Å². The van der Waals surface area contributed by atoms with Crippen LogP contribution in [0.3, 0.4) is 0 Å². The summed E-state index contributed by atoms with van der Waals surface area (Å²) in [5, 5.41) is 6.71. The Bertz CT molecular complexity index is 1370. The minimum atomic E-state index is -0.338. The molecule has 1 aliphatic rings. The van der Waals surface area contributed by atoms with Crippen LogP contribution in [0.1, 0.15) is 12.8 Å². The molecule has 0 bridgehead atoms. The van der Waals surface area contributed by atoms with Gasteiger partial charge in [-0.1, -0.05) is 12.1 Å². The number of benzene rings is 1. The van der Waals surface area contributed by atoms with Crippen molar-refractivity contribution >= 4 is 22.7 Å². The van der Waals surface area contributed by atoms with Gasteiger partial charge in [0.1, 0.15) is 17.3 Å². The van der Waals surface area contributed by atoms with E-state index in [1.165, 1.54) is 23.0 Å². The summed E-state index contributed by atoms with van der Waals surface area (Å²) >= 11 is 0. The number of aromatic nitrogens is 5. The van der Waals surface area contributed by atoms with Crippen molar-refractivity contribution in [2.45, 2.75) is 25.5 Å². The maximum atomic E-state index is 13.2. The van der Waals surface area contributed by atoms with Crippen LogP contribution < -0.4 is 20.9 Å². The largest absolute Gasteiger partial charge is 0.474 e. The van der Waals surface area contributed by atoms with E-state index in [1.807, 2.05) is 12.1 Å². The van der Waals surface area contributed by atoms with E-state index in [1.54, 1.807) is 29.0 Å². The molecule has 2 N–H and O–H groups in total. The van der Waals surface area contributed by atoms with E-state index < -0.39 is 0 Å². The fourth-order valence-corrected chi connectivity index (χ4v) is 3.94. The van der Waals surface area contributed by atoms with E-state index in [-0.39, 0.29) is 30.0 Å². The molecule has 1 saturated heterocycles. The summed E-state index contributed by atoms with van der Waals surface area (Å²) in [6.45, 7) is 5.85. The van der Waals surface area contributed by atoms with Gasteiger partial charge in [0, 0.05) is 18.0 Å². The molecule has 4 heterocycles. The molecule has 1 fully saturated rings. The molecule has 0 unspecified atom stereocenters. The highest BCUT2D eigenvalue weighted by Crippen LogP contribution is 2.21. The zero-order chi connectivity index (χ0) is 23.5. The zero-order valence-electron chi connectivity index (χ0n) is 18.4. The first-order valence-electron chi connectivity index (χ1n) is 11.1. The fourth-order valence-electron chi connectivity index (χ4n) is 3.94. The van der Waals surface area contributed by atoms with E-state index in [0.29, 0.717) is 28.4 Å². The second-order valence-electron chi connectivity index (χ2n) is 7.95. The average molecular weight is 462 g/mol. The van der Waals surface area contributed by atoms with E-state index in [2.05, 4.69) is 32.2 Å². The van der Waals surface area contributed by atoms with Crippen LogP contribution in [0.5, 0.6) is 5.88 Å². The molecule has 1 aliphatic heterocycles. The first kappa shape index (κ1) is 21.8. The molecule has 1 aromatic carbocycles. The molecule has 0 aliphatic carbocycles. The van der Waals surface area contributed by atoms with Gasteiger partial charge in [-0.3, -0.25) is 4.79 Å². The van der Waals surface area contributed by atoms with Crippen molar-refractivity contribution in [3.63, 3.8) is 0 Å². The summed E-state index contributed by atoms with van der Waals surface area (Å²) in [6.07, 6.45) is 5.02. The number of anilines is 2. The summed E-state index contributed by atoms with van der Waals surface area (Å²) in [5.41, 5.74) is 0.753. The van der Waals surface area contributed by atoms with Crippen molar-refractivity contribution in [2.75, 3.05) is 18.4 Å². The van der Waals surface area contributed by atoms with E-state index in [4.69, 9.17) is 4.74 Å². The fraction of sp³-hybridized carbons (Fsp3) is 0.250. The highest BCUT2D eigenvalue weighted by molar-refractivity contribution is 5.77. The molecular weight excluding hydrogens is 437 g/mol. The van der Waals surface area contributed by atoms with Gasteiger partial charge in [-0.2, -0.15) is 9.97 Å². The van der Waals surface area contributed by atoms with Gasteiger partial charge in [-0.05, 0) is 56.3 Å². The number of rotatable bonds is 7. The molecule has 174 valence electrons. The van der Waals surface area contributed by atoms with Gasteiger partial charge < -0.3 is 15.4 Å². The predicted molar refractivity (Wildman–Crippen MR) is 127 cm³/mol. The first-order valence-corrected chi connectivity index (χ1v) is 11.1. The Morgan fingerprint density at radius 1 is 1.18 bits per heavy atom. The molecule has 0 radical (unpaired) electrons. The van der Waals surface area contributed by atoms with Gasteiger partial charge >= 0.3 is 0 Å². The second-order valence-corrected chi connectivity index (χ2v) is 7.95. The van der Waals surface area contributed by atoms with E-state index in [9.17, 15) is 9.18 Å². The number of piperidine rings is 1. The minimum Gasteiger partial charge on any atom is -0.474 e. The quantitative estimate of drug-likeness (QED) is 0.408. The lowest BCUT2D eigenvalue weighted by Crippen LogP contribution is -2.34. The summed E-state index contributed by atoms with van der Waals surface area (Å²) in [4.78, 5) is 26.6. The van der Waals surface area contributed by atoms with Crippen LogP contribution in [0.25, 0.3) is 16.9 Å². The third-order valence-electron chi connectivity index (χ3n) is 5.58. The highest BCUT2D eigenvalue weighted by Gasteiger charge is 2.19. The topological polar surface area (TPSA) is 98.9 Å². The van der Waals surface area contributed by atoms with Crippen molar-refractivity contribution in [3.05, 3.63) is 77.5 Å². The summed E-state index contributed by atoms with van der Waals surface area (Å²) in [6, 6.07) is 11.3. The Kier molecular flexibility index (Phi) is 6.05. The highest BCUT2D eigenvalue weighted by atomic mass is 19.1. The molecule has 9 nitrogen and oxygen atoms in total. The van der Waals surface area contributed by atoms with Crippen LogP contribution >= 0.6 is 0 Å². The number of pyridine rings is 1. The molecule has 0 saturated carbocycles. The minimum absolute atomic E-state index is 0.0922. The van der Waals surface area contributed by atoms with Crippen LogP contribution in [0.4, 0.5) is 16.0 Å². The van der Waals surface area contributed by atoms with E-state index >= 15 is 0 Å². The number of nitrogens with one attached hydrogen (secondary N) is 2. The first-order chi connectivity index (χ1) is 16.6. The average Bonchev–Trinajstić information content (AvgIpc) is 3.12. The number of halogens is 1. The van der Waals surface area contributed by atoms with Crippen LogP contribution in [-0.4, -0.2) is 43.5 Å². The Hall–Kier alpha value is -4.05. The van der Waals surface area contributed by atoms with Crippen LogP contribution in [0.15, 0.2) is 66.1 Å². The van der Waals surface area contributed by atoms with Gasteiger partial charge in [-0.25, -0.2) is 18.7 Å². The number of hydrogen-bond acceptors (Lipinski definition) is 7. The number of hydrogen-bond donors (Lipinski definition) is 2. The normalized spacial score (nSPS) is 14.3. The van der Waals surface area contributed by atoms with Crippen molar-refractivity contribution in [3.8, 4) is 11.7 Å². The molecule has 0 atom stereocenters. The predicted octanol–water partition coefficient (Wildman–Crippen LogP) is 3.18.